The molecule has 1 saturated heterocycles. The van der Waals surface area contributed by atoms with Crippen LogP contribution in [0.25, 0.3) is 5.52 Å². The zero-order valence-corrected chi connectivity index (χ0v) is 14.6. The number of nitrogens with two attached hydrogens (primary N) is 1. The first kappa shape index (κ1) is 17.0. The van der Waals surface area contributed by atoms with E-state index in [0.29, 0.717) is 30.1 Å². The van der Waals surface area contributed by atoms with Crippen LogP contribution in [-0.4, -0.2) is 31.9 Å². The second-order valence-electron chi connectivity index (χ2n) is 6.53. The highest BCUT2D eigenvalue weighted by Gasteiger charge is 2.51. The molecule has 1 aliphatic rings. The molecule has 0 saturated carbocycles. The summed E-state index contributed by atoms with van der Waals surface area (Å²) >= 11 is 0. The molecule has 0 spiro atoms. The highest BCUT2D eigenvalue weighted by Crippen LogP contribution is 2.41. The quantitative estimate of drug-likeness (QED) is 0.730. The van der Waals surface area contributed by atoms with Gasteiger partial charge < -0.3 is 20.3 Å². The first-order valence-corrected chi connectivity index (χ1v) is 8.76. The van der Waals surface area contributed by atoms with Crippen molar-refractivity contribution in [1.29, 1.82) is 0 Å². The maximum atomic E-state index is 11.4. The molecule has 0 bridgehead atoms. The number of nitrogen functional groups attached to an aromatic ring is 1. The summed E-state index contributed by atoms with van der Waals surface area (Å²) in [7, 11) is 0. The summed E-state index contributed by atoms with van der Waals surface area (Å²) in [6.45, 7) is 2.43. The summed E-state index contributed by atoms with van der Waals surface area (Å²) in [6.07, 6.45) is 2.15. The van der Waals surface area contributed by atoms with Gasteiger partial charge in [0, 0.05) is 6.42 Å². The lowest BCUT2D eigenvalue weighted by Crippen LogP contribution is -2.39. The Balaban J connectivity index is 1.67. The predicted molar refractivity (Wildman–Crippen MR) is 96.1 cm³/mol. The Kier molecular flexibility index (Phi) is 4.36. The zero-order chi connectivity index (χ0) is 18.1. The Morgan fingerprint density at radius 2 is 2.12 bits per heavy atom. The Morgan fingerprint density at radius 1 is 1.31 bits per heavy atom. The van der Waals surface area contributed by atoms with Gasteiger partial charge in [-0.3, -0.25) is 0 Å². The van der Waals surface area contributed by atoms with Gasteiger partial charge >= 0.3 is 0 Å². The summed E-state index contributed by atoms with van der Waals surface area (Å²) in [5.74, 6) is -1.25. The van der Waals surface area contributed by atoms with Crippen molar-refractivity contribution in [2.24, 2.45) is 0 Å². The minimum absolute atomic E-state index is 0.0921. The number of fused-ring (bicyclic) bond motifs is 1. The van der Waals surface area contributed by atoms with E-state index < -0.39 is 11.9 Å². The second-order valence-corrected chi connectivity index (χ2v) is 6.53. The van der Waals surface area contributed by atoms with Crippen molar-refractivity contribution in [3.05, 3.63) is 60.0 Å². The summed E-state index contributed by atoms with van der Waals surface area (Å²) in [5, 5.41) is 15.6. The van der Waals surface area contributed by atoms with E-state index in [4.69, 9.17) is 15.2 Å². The number of hydrogen-bond donors (Lipinski definition) is 2. The third-order valence-corrected chi connectivity index (χ3v) is 4.86. The average Bonchev–Trinajstić information content (AvgIpc) is 3.24. The lowest BCUT2D eigenvalue weighted by Gasteiger charge is -2.28. The van der Waals surface area contributed by atoms with Crippen LogP contribution in [-0.2, 0) is 21.9 Å². The van der Waals surface area contributed by atoms with Crippen molar-refractivity contribution < 1.29 is 14.6 Å². The Hall–Kier alpha value is -2.48. The molecule has 0 aliphatic carbocycles. The van der Waals surface area contributed by atoms with Gasteiger partial charge in [0.1, 0.15) is 23.6 Å². The zero-order valence-electron chi connectivity index (χ0n) is 14.6. The van der Waals surface area contributed by atoms with E-state index >= 15 is 0 Å². The largest absolute Gasteiger partial charge is 0.382 e. The van der Waals surface area contributed by atoms with E-state index in [9.17, 15) is 5.11 Å². The van der Waals surface area contributed by atoms with E-state index in [0.717, 1.165) is 12.0 Å². The number of benzene rings is 1. The molecular formula is C19H22N4O3. The Morgan fingerprint density at radius 3 is 2.88 bits per heavy atom. The van der Waals surface area contributed by atoms with Crippen LogP contribution in [0.2, 0.25) is 0 Å². The van der Waals surface area contributed by atoms with Crippen LogP contribution in [0.4, 0.5) is 5.82 Å². The van der Waals surface area contributed by atoms with E-state index in [-0.39, 0.29) is 6.10 Å². The lowest BCUT2D eigenvalue weighted by atomic mass is 10.0. The molecule has 2 aromatic heterocycles. The van der Waals surface area contributed by atoms with E-state index in [1.807, 2.05) is 37.3 Å². The summed E-state index contributed by atoms with van der Waals surface area (Å²) < 4.78 is 13.6. The number of aliphatic hydroxyl groups is 1. The normalized spacial score (nSPS) is 25.8. The fourth-order valence-corrected chi connectivity index (χ4v) is 3.43. The van der Waals surface area contributed by atoms with Crippen molar-refractivity contribution in [3.8, 4) is 0 Å². The average molecular weight is 354 g/mol. The summed E-state index contributed by atoms with van der Waals surface area (Å²) in [6, 6.07) is 13.4. The Labute approximate surface area is 151 Å². The molecule has 136 valence electrons. The summed E-state index contributed by atoms with van der Waals surface area (Å²) in [4.78, 5) is 3.99. The van der Waals surface area contributed by atoms with Crippen LogP contribution in [0.5, 0.6) is 0 Å². The van der Waals surface area contributed by atoms with Crippen molar-refractivity contribution in [2.45, 2.75) is 44.4 Å². The first-order chi connectivity index (χ1) is 12.6. The van der Waals surface area contributed by atoms with Gasteiger partial charge in [-0.1, -0.05) is 37.3 Å². The highest BCUT2D eigenvalue weighted by atomic mass is 16.7. The number of aromatic nitrogens is 3. The molecule has 1 aromatic carbocycles. The van der Waals surface area contributed by atoms with Gasteiger partial charge in [0.05, 0.1) is 12.7 Å². The van der Waals surface area contributed by atoms with Crippen LogP contribution < -0.4 is 5.73 Å². The van der Waals surface area contributed by atoms with E-state index in [1.54, 1.807) is 16.6 Å². The molecule has 3 aromatic rings. The van der Waals surface area contributed by atoms with Gasteiger partial charge in [-0.2, -0.15) is 5.10 Å². The van der Waals surface area contributed by atoms with Crippen LogP contribution in [0, 0.1) is 0 Å². The topological polar surface area (TPSA) is 94.9 Å². The van der Waals surface area contributed by atoms with Gasteiger partial charge in [-0.15, -0.1) is 0 Å². The standard InChI is InChI=1S/C19H22N4O3/c1-2-14-10-17(25-11-13-6-4-3-5-7-13)19(24,26-14)16-9-8-15-18(20)21-12-22-23(15)16/h3-9,12,14,17,24H,2,10-11H2,1H3,(H2,20,21,22)/t14-,17-,19?/m1/s1. The second kappa shape index (κ2) is 6.68. The molecule has 7 nitrogen and oxygen atoms in total. The van der Waals surface area contributed by atoms with E-state index in [2.05, 4.69) is 10.1 Å². The summed E-state index contributed by atoms with van der Waals surface area (Å²) in [5.41, 5.74) is 8.07. The molecule has 1 fully saturated rings. The lowest BCUT2D eigenvalue weighted by molar-refractivity contribution is -0.250. The number of nitrogens with zero attached hydrogens (tertiary/aromatic N) is 3. The van der Waals surface area contributed by atoms with Crippen LogP contribution >= 0.6 is 0 Å². The number of ether oxygens (including phenoxy) is 2. The number of anilines is 1. The van der Waals surface area contributed by atoms with Crippen LogP contribution in [0.3, 0.4) is 0 Å². The van der Waals surface area contributed by atoms with Crippen molar-refractivity contribution >= 4 is 11.3 Å². The molecule has 3 heterocycles. The van der Waals surface area contributed by atoms with Crippen molar-refractivity contribution in [1.82, 2.24) is 14.6 Å². The molecule has 4 rings (SSSR count). The van der Waals surface area contributed by atoms with Crippen LogP contribution in [0.15, 0.2) is 48.8 Å². The first-order valence-electron chi connectivity index (χ1n) is 8.76. The van der Waals surface area contributed by atoms with Gasteiger partial charge in [0.15, 0.2) is 5.82 Å². The fraction of sp³-hybridized carbons (Fsp3) is 0.368. The number of rotatable bonds is 5. The fourth-order valence-electron chi connectivity index (χ4n) is 3.43. The molecule has 1 aliphatic heterocycles. The molecule has 3 atom stereocenters. The molecule has 0 radical (unpaired) electrons. The van der Waals surface area contributed by atoms with Crippen molar-refractivity contribution in [3.63, 3.8) is 0 Å². The molecule has 1 unspecified atom stereocenters. The highest BCUT2D eigenvalue weighted by molar-refractivity contribution is 5.65. The maximum Gasteiger partial charge on any atom is 0.237 e. The van der Waals surface area contributed by atoms with Crippen LogP contribution in [0.1, 0.15) is 31.0 Å². The molecule has 7 heteroatoms. The van der Waals surface area contributed by atoms with Gasteiger partial charge in [0.25, 0.3) is 0 Å². The molecule has 0 amide bonds. The molecule has 26 heavy (non-hydrogen) atoms. The monoisotopic (exact) mass is 354 g/mol. The third-order valence-electron chi connectivity index (χ3n) is 4.86. The van der Waals surface area contributed by atoms with Gasteiger partial charge in [-0.25, -0.2) is 9.50 Å². The molecule has 3 N–H and O–H groups in total. The van der Waals surface area contributed by atoms with Gasteiger partial charge in [0.2, 0.25) is 5.79 Å². The third kappa shape index (κ3) is 2.84. The smallest absolute Gasteiger partial charge is 0.237 e. The molecular weight excluding hydrogens is 332 g/mol. The SMILES string of the molecule is CC[C@@H]1C[C@@H](OCc2ccccc2)C(O)(c2ccc3c(N)ncnn23)O1. The maximum absolute atomic E-state index is 11.4. The number of hydrogen-bond acceptors (Lipinski definition) is 6. The minimum Gasteiger partial charge on any atom is -0.382 e. The van der Waals surface area contributed by atoms with Gasteiger partial charge in [-0.05, 0) is 24.1 Å². The van der Waals surface area contributed by atoms with E-state index in [1.165, 1.54) is 6.33 Å². The predicted octanol–water partition coefficient (Wildman–Crippen LogP) is 2.24. The Bertz CT molecular complexity index is 898. The van der Waals surface area contributed by atoms with Crippen molar-refractivity contribution in [2.75, 3.05) is 5.73 Å². The minimum atomic E-state index is -1.59.